The van der Waals surface area contributed by atoms with Crippen molar-refractivity contribution in [1.82, 2.24) is 4.98 Å². The Labute approximate surface area is 138 Å². The largest absolute Gasteiger partial charge is 0.494 e. The Balaban J connectivity index is 1.92. The van der Waals surface area contributed by atoms with Gasteiger partial charge in [-0.1, -0.05) is 0 Å². The number of halogens is 5. The topological polar surface area (TPSA) is 42.1 Å². The van der Waals surface area contributed by atoms with Crippen molar-refractivity contribution in [2.24, 2.45) is 0 Å². The molecule has 0 radical (unpaired) electrons. The van der Waals surface area contributed by atoms with Crippen molar-refractivity contribution in [3.8, 4) is 5.75 Å². The van der Waals surface area contributed by atoms with Crippen LogP contribution >= 0.6 is 0 Å². The highest BCUT2D eigenvalue weighted by molar-refractivity contribution is 5.93. The molecular weight excluding hydrogens is 345 g/mol. The highest BCUT2D eigenvalue weighted by Gasteiger charge is 2.26. The van der Waals surface area contributed by atoms with Crippen molar-refractivity contribution >= 4 is 21.8 Å². The Morgan fingerprint density at radius 3 is 2.52 bits per heavy atom. The van der Waals surface area contributed by atoms with E-state index in [9.17, 15) is 26.7 Å². The molecular formula is C17H12F5NO2. The predicted octanol–water partition coefficient (Wildman–Crippen LogP) is 4.68. The van der Waals surface area contributed by atoms with Crippen molar-refractivity contribution in [1.29, 1.82) is 0 Å². The molecule has 1 aromatic heterocycles. The molecule has 0 unspecified atom stereocenters. The molecule has 3 rings (SSSR count). The van der Waals surface area contributed by atoms with E-state index in [1.54, 1.807) is 0 Å². The van der Waals surface area contributed by atoms with Crippen molar-refractivity contribution < 1.29 is 26.7 Å². The number of rotatable bonds is 4. The predicted molar refractivity (Wildman–Crippen MR) is 82.8 cm³/mol. The minimum absolute atomic E-state index is 0.00998. The lowest BCUT2D eigenvalue weighted by molar-refractivity contribution is -0.136. The second-order valence-corrected chi connectivity index (χ2v) is 5.54. The van der Waals surface area contributed by atoms with Crippen LogP contribution < -0.4 is 10.2 Å². The Morgan fingerprint density at radius 1 is 1.04 bits per heavy atom. The lowest BCUT2D eigenvalue weighted by Gasteiger charge is -2.09. The summed E-state index contributed by atoms with van der Waals surface area (Å²) in [5.41, 5.74) is -0.343. The van der Waals surface area contributed by atoms with Crippen LogP contribution in [0.3, 0.4) is 0 Å². The molecule has 0 bridgehead atoms. The Morgan fingerprint density at radius 2 is 1.80 bits per heavy atom. The third kappa shape index (κ3) is 3.72. The second kappa shape index (κ2) is 6.34. The zero-order valence-corrected chi connectivity index (χ0v) is 12.7. The maximum Gasteiger partial charge on any atom is 0.389 e. The summed E-state index contributed by atoms with van der Waals surface area (Å²) in [6, 6.07) is 5.83. The number of ether oxygens (including phenoxy) is 1. The third-order valence-electron chi connectivity index (χ3n) is 3.66. The maximum absolute atomic E-state index is 13.8. The molecule has 0 aliphatic heterocycles. The van der Waals surface area contributed by atoms with E-state index in [0.717, 1.165) is 6.07 Å². The van der Waals surface area contributed by atoms with Crippen molar-refractivity contribution in [2.75, 3.05) is 6.61 Å². The summed E-state index contributed by atoms with van der Waals surface area (Å²) in [5.74, 6) is -1.55. The van der Waals surface area contributed by atoms with Crippen LogP contribution in [0.25, 0.3) is 21.8 Å². The van der Waals surface area contributed by atoms with E-state index in [4.69, 9.17) is 4.74 Å². The summed E-state index contributed by atoms with van der Waals surface area (Å²) in [7, 11) is 0. The molecule has 1 heterocycles. The Kier molecular flexibility index (Phi) is 4.36. The first kappa shape index (κ1) is 17.2. The minimum Gasteiger partial charge on any atom is -0.494 e. The molecule has 0 amide bonds. The van der Waals surface area contributed by atoms with Crippen LogP contribution in [-0.4, -0.2) is 17.8 Å². The molecule has 0 saturated heterocycles. The van der Waals surface area contributed by atoms with Gasteiger partial charge in [-0.15, -0.1) is 0 Å². The van der Waals surface area contributed by atoms with Crippen molar-refractivity contribution in [3.05, 3.63) is 52.2 Å². The van der Waals surface area contributed by atoms with Crippen molar-refractivity contribution in [2.45, 2.75) is 19.0 Å². The van der Waals surface area contributed by atoms with Gasteiger partial charge in [-0.3, -0.25) is 4.79 Å². The van der Waals surface area contributed by atoms with Crippen LogP contribution in [0.1, 0.15) is 12.8 Å². The molecule has 132 valence electrons. The van der Waals surface area contributed by atoms with Crippen LogP contribution in [0.4, 0.5) is 22.0 Å². The molecule has 2 aromatic carbocycles. The van der Waals surface area contributed by atoms with Crippen molar-refractivity contribution in [3.63, 3.8) is 0 Å². The molecule has 25 heavy (non-hydrogen) atoms. The molecule has 8 heteroatoms. The maximum atomic E-state index is 13.8. The van der Waals surface area contributed by atoms with Crippen LogP contribution in [0.2, 0.25) is 0 Å². The number of hydrogen-bond donors (Lipinski definition) is 1. The SMILES string of the molecule is O=c1c2ccc(OCCCC(F)(F)F)cc2[nH]c2cc(F)cc(F)c12. The summed E-state index contributed by atoms with van der Waals surface area (Å²) in [6.45, 7) is -0.147. The van der Waals surface area contributed by atoms with E-state index < -0.39 is 29.7 Å². The number of aromatic amines is 1. The number of H-pyrrole nitrogens is 1. The van der Waals surface area contributed by atoms with Crippen LogP contribution in [0.15, 0.2) is 35.1 Å². The first-order valence-corrected chi connectivity index (χ1v) is 7.39. The van der Waals surface area contributed by atoms with Crippen LogP contribution in [-0.2, 0) is 0 Å². The number of fused-ring (bicyclic) bond motifs is 2. The summed E-state index contributed by atoms with van der Waals surface area (Å²) in [5, 5.41) is -0.0894. The molecule has 0 aliphatic rings. The summed E-state index contributed by atoms with van der Waals surface area (Å²) >= 11 is 0. The van der Waals surface area contributed by atoms with E-state index in [-0.39, 0.29) is 40.6 Å². The molecule has 0 atom stereocenters. The first-order chi connectivity index (χ1) is 11.7. The van der Waals surface area contributed by atoms with Gasteiger partial charge in [-0.25, -0.2) is 8.78 Å². The summed E-state index contributed by atoms with van der Waals surface area (Å²) in [6.07, 6.45) is -5.40. The Hall–Kier alpha value is -2.64. The highest BCUT2D eigenvalue weighted by Crippen LogP contribution is 2.24. The Bertz CT molecular complexity index is 994. The van der Waals surface area contributed by atoms with E-state index in [1.165, 1.54) is 18.2 Å². The zero-order valence-electron chi connectivity index (χ0n) is 12.7. The fourth-order valence-corrected chi connectivity index (χ4v) is 2.56. The molecule has 3 nitrogen and oxygen atoms in total. The number of benzene rings is 2. The van der Waals surface area contributed by atoms with Crippen LogP contribution in [0, 0.1) is 11.6 Å². The molecule has 0 saturated carbocycles. The van der Waals surface area contributed by atoms with Gasteiger partial charge >= 0.3 is 6.18 Å². The average Bonchev–Trinajstić information content (AvgIpc) is 2.49. The normalized spacial score (nSPS) is 12.0. The number of nitrogens with one attached hydrogen (secondary N) is 1. The molecule has 0 spiro atoms. The van der Waals surface area contributed by atoms with Crippen LogP contribution in [0.5, 0.6) is 5.75 Å². The quantitative estimate of drug-likeness (QED) is 0.418. The molecule has 3 aromatic rings. The first-order valence-electron chi connectivity index (χ1n) is 7.39. The highest BCUT2D eigenvalue weighted by atomic mass is 19.4. The number of hydrogen-bond acceptors (Lipinski definition) is 2. The van der Waals surface area contributed by atoms with Gasteiger partial charge in [0.05, 0.1) is 23.0 Å². The summed E-state index contributed by atoms with van der Waals surface area (Å²) < 4.78 is 68.7. The van der Waals surface area contributed by atoms with E-state index in [0.29, 0.717) is 6.07 Å². The molecule has 1 N–H and O–H groups in total. The van der Waals surface area contributed by atoms with E-state index in [2.05, 4.69) is 4.98 Å². The fraction of sp³-hybridized carbons (Fsp3) is 0.235. The zero-order chi connectivity index (χ0) is 18.2. The fourth-order valence-electron chi connectivity index (χ4n) is 2.56. The summed E-state index contributed by atoms with van der Waals surface area (Å²) in [4.78, 5) is 15.1. The number of pyridine rings is 1. The molecule has 0 fully saturated rings. The second-order valence-electron chi connectivity index (χ2n) is 5.54. The average molecular weight is 357 g/mol. The smallest absolute Gasteiger partial charge is 0.389 e. The lowest BCUT2D eigenvalue weighted by Crippen LogP contribution is -2.10. The van der Waals surface area contributed by atoms with E-state index >= 15 is 0 Å². The van der Waals surface area contributed by atoms with E-state index in [1.807, 2.05) is 0 Å². The van der Waals surface area contributed by atoms with Gasteiger partial charge in [-0.2, -0.15) is 13.2 Å². The molecule has 0 aliphatic carbocycles. The minimum atomic E-state index is -4.24. The van der Waals surface area contributed by atoms with Gasteiger partial charge in [0.15, 0.2) is 5.43 Å². The standard InChI is InChI=1S/C17H12F5NO2/c18-9-6-12(19)15-14(7-9)23-13-8-10(2-3-11(13)16(15)24)25-5-1-4-17(20,21)22/h2-3,6-8H,1,4-5H2,(H,23,24). The lowest BCUT2D eigenvalue weighted by atomic mass is 10.1. The van der Waals surface area contributed by atoms with Gasteiger partial charge in [0.2, 0.25) is 0 Å². The van der Waals surface area contributed by atoms with Gasteiger partial charge in [-0.05, 0) is 24.6 Å². The monoisotopic (exact) mass is 357 g/mol. The van der Waals surface area contributed by atoms with Gasteiger partial charge < -0.3 is 9.72 Å². The van der Waals surface area contributed by atoms with Gasteiger partial charge in [0.1, 0.15) is 17.4 Å². The number of aromatic nitrogens is 1. The number of alkyl halides is 3. The third-order valence-corrected chi connectivity index (χ3v) is 3.66. The van der Waals surface area contributed by atoms with Gasteiger partial charge in [0, 0.05) is 23.9 Å². The van der Waals surface area contributed by atoms with Gasteiger partial charge in [0.25, 0.3) is 0 Å².